The summed E-state index contributed by atoms with van der Waals surface area (Å²) in [7, 11) is 4.58. The molecule has 3 saturated heterocycles. The van der Waals surface area contributed by atoms with Crippen LogP contribution >= 0.6 is 0 Å². The molecule has 0 radical (unpaired) electrons. The molecule has 0 aromatic rings. The van der Waals surface area contributed by atoms with Gasteiger partial charge in [0.2, 0.25) is 0 Å². The molecule has 3 heteroatoms. The molecule has 4 fully saturated rings. The lowest BCUT2D eigenvalue weighted by molar-refractivity contribution is -0.0328. The Bertz CT molecular complexity index is 387. The number of hydrogen-bond donors (Lipinski definition) is 0. The first kappa shape index (κ1) is 16.4. The minimum absolute atomic E-state index is 0.720. The third-order valence-corrected chi connectivity index (χ3v) is 7.97. The Morgan fingerprint density at radius 1 is 0.652 bits per heavy atom. The summed E-state index contributed by atoms with van der Waals surface area (Å²) in [5, 5.41) is 0. The zero-order chi connectivity index (χ0) is 15.9. The van der Waals surface area contributed by atoms with E-state index in [1.165, 1.54) is 97.2 Å². The van der Waals surface area contributed by atoms with E-state index in [-0.39, 0.29) is 0 Å². The molecule has 0 unspecified atom stereocenters. The molecule has 0 N–H and O–H groups in total. The van der Waals surface area contributed by atoms with Gasteiger partial charge in [0.25, 0.3) is 0 Å². The molecule has 3 aliphatic heterocycles. The molecule has 1 aliphatic carbocycles. The predicted octanol–water partition coefficient (Wildman–Crippen LogP) is 2.92. The smallest absolute Gasteiger partial charge is 0.00101 e. The zero-order valence-electron chi connectivity index (χ0n) is 15.5. The van der Waals surface area contributed by atoms with Crippen LogP contribution in [0.2, 0.25) is 0 Å². The van der Waals surface area contributed by atoms with E-state index in [0.29, 0.717) is 0 Å². The fourth-order valence-electron chi connectivity index (χ4n) is 5.96. The molecule has 0 amide bonds. The van der Waals surface area contributed by atoms with Gasteiger partial charge >= 0.3 is 0 Å². The molecule has 3 heterocycles. The van der Waals surface area contributed by atoms with Gasteiger partial charge < -0.3 is 14.7 Å². The molecule has 0 aromatic carbocycles. The highest BCUT2D eigenvalue weighted by Crippen LogP contribution is 2.53. The van der Waals surface area contributed by atoms with E-state index in [1.54, 1.807) is 0 Å². The molecular formula is C20H37N3. The second-order valence-electron chi connectivity index (χ2n) is 9.68. The van der Waals surface area contributed by atoms with Crippen molar-refractivity contribution >= 4 is 0 Å². The van der Waals surface area contributed by atoms with Crippen LogP contribution < -0.4 is 0 Å². The maximum absolute atomic E-state index is 2.82. The first-order valence-electron chi connectivity index (χ1n) is 10.2. The van der Waals surface area contributed by atoms with Gasteiger partial charge in [-0.1, -0.05) is 0 Å². The summed E-state index contributed by atoms with van der Waals surface area (Å²) in [6.07, 6.45) is 11.9. The van der Waals surface area contributed by atoms with Crippen LogP contribution in [0.3, 0.4) is 0 Å². The van der Waals surface area contributed by atoms with Gasteiger partial charge in [0.05, 0.1) is 0 Å². The van der Waals surface area contributed by atoms with Crippen LogP contribution in [-0.4, -0.2) is 74.6 Å². The number of piperidine rings is 3. The molecule has 0 atom stereocenters. The van der Waals surface area contributed by atoms with Crippen molar-refractivity contribution in [3.63, 3.8) is 0 Å². The van der Waals surface area contributed by atoms with Gasteiger partial charge in [-0.15, -0.1) is 0 Å². The topological polar surface area (TPSA) is 9.72 Å². The molecule has 132 valence electrons. The van der Waals surface area contributed by atoms with Gasteiger partial charge in [0.15, 0.2) is 0 Å². The molecule has 0 bridgehead atoms. The highest BCUT2D eigenvalue weighted by Gasteiger charge is 2.46. The first-order chi connectivity index (χ1) is 11.1. The van der Waals surface area contributed by atoms with E-state index in [0.717, 1.165) is 16.7 Å². The predicted molar refractivity (Wildman–Crippen MR) is 96.7 cm³/mol. The lowest BCUT2D eigenvalue weighted by Gasteiger charge is -2.54. The van der Waals surface area contributed by atoms with Crippen molar-refractivity contribution in [2.75, 3.05) is 59.9 Å². The van der Waals surface area contributed by atoms with Gasteiger partial charge in [0, 0.05) is 6.54 Å². The third kappa shape index (κ3) is 3.48. The fourth-order valence-corrected chi connectivity index (χ4v) is 5.96. The van der Waals surface area contributed by atoms with Crippen molar-refractivity contribution in [1.29, 1.82) is 0 Å². The average Bonchev–Trinajstić information content (AvgIpc) is 2.53. The van der Waals surface area contributed by atoms with E-state index in [2.05, 4.69) is 28.8 Å². The highest BCUT2D eigenvalue weighted by atomic mass is 15.1. The Balaban J connectivity index is 1.19. The van der Waals surface area contributed by atoms with Crippen LogP contribution in [0, 0.1) is 16.7 Å². The van der Waals surface area contributed by atoms with Gasteiger partial charge in [0.1, 0.15) is 0 Å². The molecule has 0 aromatic heterocycles. The lowest BCUT2D eigenvalue weighted by atomic mass is 9.57. The first-order valence-corrected chi connectivity index (χ1v) is 10.2. The lowest BCUT2D eigenvalue weighted by Crippen LogP contribution is -2.51. The monoisotopic (exact) mass is 319 g/mol. The largest absolute Gasteiger partial charge is 0.306 e. The zero-order valence-corrected chi connectivity index (χ0v) is 15.5. The van der Waals surface area contributed by atoms with E-state index in [1.807, 2.05) is 0 Å². The van der Waals surface area contributed by atoms with E-state index in [4.69, 9.17) is 0 Å². The minimum Gasteiger partial charge on any atom is -0.306 e. The highest BCUT2D eigenvalue weighted by molar-refractivity contribution is 4.98. The van der Waals surface area contributed by atoms with Crippen molar-refractivity contribution in [2.24, 2.45) is 16.7 Å². The van der Waals surface area contributed by atoms with Crippen LogP contribution in [0.1, 0.15) is 51.4 Å². The van der Waals surface area contributed by atoms with Crippen molar-refractivity contribution in [2.45, 2.75) is 51.4 Å². The average molecular weight is 320 g/mol. The Labute approximate surface area is 143 Å². The normalized spacial score (nSPS) is 33.1. The van der Waals surface area contributed by atoms with Gasteiger partial charge in [-0.05, 0) is 121 Å². The van der Waals surface area contributed by atoms with Crippen LogP contribution in [0.25, 0.3) is 0 Å². The quantitative estimate of drug-likeness (QED) is 0.775. The standard InChI is InChI=1S/C20H37N3/c1-21-9-3-19(4-10-21)7-13-23(14-8-19)17-18-15-20(16-18)5-11-22(2)12-6-20/h18H,3-17H2,1-2H3. The van der Waals surface area contributed by atoms with Crippen molar-refractivity contribution in [1.82, 2.24) is 14.7 Å². The Kier molecular flexibility index (Phi) is 4.49. The number of likely N-dealkylation sites (tertiary alicyclic amines) is 3. The van der Waals surface area contributed by atoms with Crippen molar-refractivity contribution < 1.29 is 0 Å². The van der Waals surface area contributed by atoms with Gasteiger partial charge in [-0.3, -0.25) is 0 Å². The summed E-state index contributed by atoms with van der Waals surface area (Å²) < 4.78 is 0. The van der Waals surface area contributed by atoms with Crippen molar-refractivity contribution in [3.8, 4) is 0 Å². The SMILES string of the molecule is CN1CCC2(CC1)CCN(CC1CC3(CCN(C)CC3)C1)CC2. The number of nitrogens with zero attached hydrogens (tertiary/aromatic N) is 3. The Hall–Kier alpha value is -0.120. The molecular weight excluding hydrogens is 282 g/mol. The molecule has 2 spiro atoms. The summed E-state index contributed by atoms with van der Waals surface area (Å²) in [5.41, 5.74) is 1.49. The summed E-state index contributed by atoms with van der Waals surface area (Å²) >= 11 is 0. The molecule has 4 rings (SSSR count). The Morgan fingerprint density at radius 2 is 1.09 bits per heavy atom. The van der Waals surface area contributed by atoms with Crippen LogP contribution in [0.5, 0.6) is 0 Å². The summed E-state index contributed by atoms with van der Waals surface area (Å²) in [4.78, 5) is 7.85. The summed E-state index contributed by atoms with van der Waals surface area (Å²) in [6.45, 7) is 9.53. The maximum atomic E-state index is 2.82. The second-order valence-corrected chi connectivity index (χ2v) is 9.68. The minimum atomic E-state index is 0.720. The molecule has 1 saturated carbocycles. The summed E-state index contributed by atoms with van der Waals surface area (Å²) in [6, 6.07) is 0. The van der Waals surface area contributed by atoms with E-state index < -0.39 is 0 Å². The number of hydrogen-bond acceptors (Lipinski definition) is 3. The van der Waals surface area contributed by atoms with Crippen molar-refractivity contribution in [3.05, 3.63) is 0 Å². The second kappa shape index (κ2) is 6.31. The third-order valence-electron chi connectivity index (χ3n) is 7.97. The van der Waals surface area contributed by atoms with Gasteiger partial charge in [-0.2, -0.15) is 0 Å². The molecule has 23 heavy (non-hydrogen) atoms. The Morgan fingerprint density at radius 3 is 1.61 bits per heavy atom. The fraction of sp³-hybridized carbons (Fsp3) is 1.00. The maximum Gasteiger partial charge on any atom is 0.00101 e. The van der Waals surface area contributed by atoms with Crippen LogP contribution in [0.15, 0.2) is 0 Å². The van der Waals surface area contributed by atoms with Crippen LogP contribution in [0.4, 0.5) is 0 Å². The van der Waals surface area contributed by atoms with E-state index in [9.17, 15) is 0 Å². The number of rotatable bonds is 2. The molecule has 3 nitrogen and oxygen atoms in total. The van der Waals surface area contributed by atoms with Gasteiger partial charge in [-0.25, -0.2) is 0 Å². The molecule has 4 aliphatic rings. The van der Waals surface area contributed by atoms with E-state index >= 15 is 0 Å². The van der Waals surface area contributed by atoms with Crippen LogP contribution in [-0.2, 0) is 0 Å². The summed E-state index contributed by atoms with van der Waals surface area (Å²) in [5.74, 6) is 1.02.